The fourth-order valence-corrected chi connectivity index (χ4v) is 4.30. The molecule has 0 heterocycles. The summed E-state index contributed by atoms with van der Waals surface area (Å²) in [6.45, 7) is 1.16. The second-order valence-electron chi connectivity index (χ2n) is 6.32. The number of fused-ring (bicyclic) bond motifs is 1. The van der Waals surface area contributed by atoms with Gasteiger partial charge in [-0.1, -0.05) is 58.4 Å². The summed E-state index contributed by atoms with van der Waals surface area (Å²) in [4.78, 5) is 0. The summed E-state index contributed by atoms with van der Waals surface area (Å²) in [5, 5.41) is 13.0. The lowest BCUT2D eigenvalue weighted by Crippen LogP contribution is -2.32. The first-order valence-electron chi connectivity index (χ1n) is 8.45. The number of aryl methyl sites for hydroxylation is 1. The van der Waals surface area contributed by atoms with Crippen LogP contribution in [0.4, 0.5) is 0 Å². The Morgan fingerprint density at radius 1 is 1.09 bits per heavy atom. The van der Waals surface area contributed by atoms with Crippen molar-refractivity contribution in [3.63, 3.8) is 0 Å². The van der Waals surface area contributed by atoms with Crippen molar-refractivity contribution in [2.75, 3.05) is 6.61 Å². The van der Waals surface area contributed by atoms with E-state index in [4.69, 9.17) is 0 Å². The smallest absolute Gasteiger partial charge is 0.0431 e. The molecule has 1 aliphatic rings. The van der Waals surface area contributed by atoms with E-state index < -0.39 is 0 Å². The van der Waals surface area contributed by atoms with E-state index in [1.54, 1.807) is 0 Å². The molecule has 0 saturated heterocycles. The lowest BCUT2D eigenvalue weighted by atomic mass is 9.77. The van der Waals surface area contributed by atoms with Crippen molar-refractivity contribution in [3.05, 3.63) is 69.7 Å². The minimum atomic E-state index is 0.282. The predicted molar refractivity (Wildman–Crippen MR) is 98.3 cm³/mol. The predicted octanol–water partition coefficient (Wildman–Crippen LogP) is 4.61. The highest BCUT2D eigenvalue weighted by Crippen LogP contribution is 2.40. The minimum Gasteiger partial charge on any atom is -0.396 e. The van der Waals surface area contributed by atoms with Crippen LogP contribution in [0.2, 0.25) is 0 Å². The molecule has 1 aliphatic carbocycles. The number of aliphatic hydroxyl groups excluding tert-OH is 1. The van der Waals surface area contributed by atoms with Crippen LogP contribution in [0.15, 0.2) is 53.0 Å². The summed E-state index contributed by atoms with van der Waals surface area (Å²) >= 11 is 3.75. The molecule has 0 radical (unpaired) electrons. The Morgan fingerprint density at radius 2 is 1.91 bits per heavy atom. The number of rotatable bonds is 6. The molecule has 0 amide bonds. The normalized spacial score (nSPS) is 20.3. The van der Waals surface area contributed by atoms with E-state index in [-0.39, 0.29) is 6.61 Å². The Bertz CT molecular complexity index is 629. The Labute approximate surface area is 147 Å². The van der Waals surface area contributed by atoms with E-state index in [9.17, 15) is 5.11 Å². The highest BCUT2D eigenvalue weighted by atomic mass is 79.9. The van der Waals surface area contributed by atoms with Gasteiger partial charge in [0, 0.05) is 23.7 Å². The van der Waals surface area contributed by atoms with Gasteiger partial charge in [0.25, 0.3) is 0 Å². The van der Waals surface area contributed by atoms with Crippen LogP contribution in [0.5, 0.6) is 0 Å². The fourth-order valence-electron chi connectivity index (χ4n) is 3.65. The Balaban J connectivity index is 1.82. The molecular weight excluding hydrogens is 350 g/mol. The molecule has 2 atom stereocenters. The Kier molecular flexibility index (Phi) is 5.87. The first-order chi connectivity index (χ1) is 11.3. The van der Waals surface area contributed by atoms with E-state index in [0.29, 0.717) is 12.0 Å². The van der Waals surface area contributed by atoms with E-state index in [1.165, 1.54) is 27.6 Å². The summed E-state index contributed by atoms with van der Waals surface area (Å²) in [6, 6.07) is 17.4. The largest absolute Gasteiger partial charge is 0.396 e. The summed E-state index contributed by atoms with van der Waals surface area (Å²) in [5.74, 6) is 0.581. The van der Waals surface area contributed by atoms with Crippen LogP contribution >= 0.6 is 15.9 Å². The summed E-state index contributed by atoms with van der Waals surface area (Å²) in [5.41, 5.74) is 4.18. The first kappa shape index (κ1) is 16.7. The lowest BCUT2D eigenvalue weighted by Gasteiger charge is -2.35. The van der Waals surface area contributed by atoms with Crippen molar-refractivity contribution >= 4 is 15.9 Å². The molecule has 3 rings (SSSR count). The maximum absolute atomic E-state index is 9.21. The molecule has 0 spiro atoms. The third-order valence-electron chi connectivity index (χ3n) is 4.81. The van der Waals surface area contributed by atoms with Gasteiger partial charge in [0.15, 0.2) is 0 Å². The van der Waals surface area contributed by atoms with Crippen LogP contribution in [0.1, 0.15) is 42.0 Å². The van der Waals surface area contributed by atoms with Crippen molar-refractivity contribution in [1.29, 1.82) is 0 Å². The third kappa shape index (κ3) is 4.03. The molecule has 0 fully saturated rings. The highest BCUT2D eigenvalue weighted by molar-refractivity contribution is 9.10. The average Bonchev–Trinajstić information content (AvgIpc) is 2.59. The van der Waals surface area contributed by atoms with Gasteiger partial charge in [-0.15, -0.1) is 0 Å². The molecule has 0 saturated carbocycles. The van der Waals surface area contributed by atoms with Gasteiger partial charge in [0.1, 0.15) is 0 Å². The molecule has 2 nitrogen and oxygen atoms in total. The molecule has 2 aromatic rings. The molecule has 3 heteroatoms. The lowest BCUT2D eigenvalue weighted by molar-refractivity contribution is 0.240. The Hall–Kier alpha value is -1.16. The number of nitrogens with one attached hydrogen (secondary N) is 1. The third-order valence-corrected chi connectivity index (χ3v) is 5.50. The molecule has 2 aromatic carbocycles. The van der Waals surface area contributed by atoms with Gasteiger partial charge in [-0.05, 0) is 54.4 Å². The number of aliphatic hydroxyl groups is 1. The molecule has 0 bridgehead atoms. The van der Waals surface area contributed by atoms with Crippen LogP contribution < -0.4 is 5.32 Å². The molecule has 2 N–H and O–H groups in total. The molecule has 23 heavy (non-hydrogen) atoms. The Morgan fingerprint density at radius 3 is 2.70 bits per heavy atom. The van der Waals surface area contributed by atoms with Gasteiger partial charge in [-0.25, -0.2) is 0 Å². The minimum absolute atomic E-state index is 0.282. The second-order valence-corrected chi connectivity index (χ2v) is 7.18. The second kappa shape index (κ2) is 8.09. The zero-order chi connectivity index (χ0) is 16.1. The quantitative estimate of drug-likeness (QED) is 0.774. The highest BCUT2D eigenvalue weighted by Gasteiger charge is 2.30. The standard InChI is InChI=1S/C20H24BrNO/c21-18-10-4-8-16-11-12-17(9-5-13-23)20(19(16)18)22-14-15-6-2-1-3-7-15/h1-4,6-8,10,17,20,22-23H,5,9,11-14H2/t17-,20+/m1/s1. The number of benzene rings is 2. The topological polar surface area (TPSA) is 32.3 Å². The molecule has 0 aromatic heterocycles. The van der Waals surface area contributed by atoms with E-state index >= 15 is 0 Å². The summed E-state index contributed by atoms with van der Waals surface area (Å²) in [6.07, 6.45) is 4.28. The van der Waals surface area contributed by atoms with Crippen molar-refractivity contribution < 1.29 is 5.11 Å². The van der Waals surface area contributed by atoms with Gasteiger partial charge in [-0.2, -0.15) is 0 Å². The number of hydrogen-bond acceptors (Lipinski definition) is 2. The van der Waals surface area contributed by atoms with Crippen LogP contribution in [-0.4, -0.2) is 11.7 Å². The van der Waals surface area contributed by atoms with Gasteiger partial charge < -0.3 is 10.4 Å². The van der Waals surface area contributed by atoms with Crippen molar-refractivity contribution in [3.8, 4) is 0 Å². The first-order valence-corrected chi connectivity index (χ1v) is 9.24. The summed E-state index contributed by atoms with van der Waals surface area (Å²) < 4.78 is 1.20. The monoisotopic (exact) mass is 373 g/mol. The fraction of sp³-hybridized carbons (Fsp3) is 0.400. The van der Waals surface area contributed by atoms with Gasteiger partial charge >= 0.3 is 0 Å². The van der Waals surface area contributed by atoms with E-state index in [1.807, 2.05) is 0 Å². The number of halogens is 1. The van der Waals surface area contributed by atoms with Crippen molar-refractivity contribution in [2.24, 2.45) is 5.92 Å². The zero-order valence-electron chi connectivity index (χ0n) is 13.3. The number of hydrogen-bond donors (Lipinski definition) is 2. The average molecular weight is 374 g/mol. The van der Waals surface area contributed by atoms with E-state index in [2.05, 4.69) is 69.8 Å². The zero-order valence-corrected chi connectivity index (χ0v) is 14.9. The maximum atomic E-state index is 9.21. The summed E-state index contributed by atoms with van der Waals surface area (Å²) in [7, 11) is 0. The van der Waals surface area contributed by atoms with Crippen LogP contribution in [0.25, 0.3) is 0 Å². The van der Waals surface area contributed by atoms with Gasteiger partial charge in [0.2, 0.25) is 0 Å². The van der Waals surface area contributed by atoms with Crippen LogP contribution in [0, 0.1) is 5.92 Å². The molecule has 122 valence electrons. The molecule has 0 unspecified atom stereocenters. The maximum Gasteiger partial charge on any atom is 0.0431 e. The molecular formula is C20H24BrNO. The van der Waals surface area contributed by atoms with Gasteiger partial charge in [-0.3, -0.25) is 0 Å². The molecule has 0 aliphatic heterocycles. The van der Waals surface area contributed by atoms with Gasteiger partial charge in [0.05, 0.1) is 0 Å². The van der Waals surface area contributed by atoms with E-state index in [0.717, 1.165) is 25.8 Å². The van der Waals surface area contributed by atoms with Crippen LogP contribution in [-0.2, 0) is 13.0 Å². The van der Waals surface area contributed by atoms with Crippen molar-refractivity contribution in [2.45, 2.75) is 38.3 Å². The van der Waals surface area contributed by atoms with Crippen LogP contribution in [0.3, 0.4) is 0 Å². The van der Waals surface area contributed by atoms with Crippen molar-refractivity contribution in [1.82, 2.24) is 5.32 Å². The SMILES string of the molecule is OCCC[C@@H]1CCc2cccc(Br)c2[C@H]1NCc1ccccc1.